The third-order valence-electron chi connectivity index (χ3n) is 3.28. The molecule has 0 radical (unpaired) electrons. The standard InChI is InChI=1S/C15H24N4O/c1-4-12-13(11-16)15(19-18-14(12)5-2)17-9-7-6-8-10-20-3/h4-10H2,1-3H3,(H,17,19). The Bertz CT molecular complexity index is 454. The summed E-state index contributed by atoms with van der Waals surface area (Å²) in [7, 11) is 1.72. The summed E-state index contributed by atoms with van der Waals surface area (Å²) in [6.07, 6.45) is 4.81. The molecule has 0 aliphatic heterocycles. The fourth-order valence-corrected chi connectivity index (χ4v) is 2.17. The Morgan fingerprint density at radius 2 is 1.95 bits per heavy atom. The Labute approximate surface area is 121 Å². The summed E-state index contributed by atoms with van der Waals surface area (Å²) in [6.45, 7) is 5.69. The zero-order valence-corrected chi connectivity index (χ0v) is 12.7. The van der Waals surface area contributed by atoms with Crippen molar-refractivity contribution in [3.8, 4) is 6.07 Å². The number of nitrogens with zero attached hydrogens (tertiary/aromatic N) is 3. The number of aromatic nitrogens is 2. The largest absolute Gasteiger partial charge is 0.385 e. The van der Waals surface area contributed by atoms with Crippen molar-refractivity contribution in [1.82, 2.24) is 10.2 Å². The maximum atomic E-state index is 9.35. The number of methoxy groups -OCH3 is 1. The van der Waals surface area contributed by atoms with Gasteiger partial charge in [-0.3, -0.25) is 0 Å². The quantitative estimate of drug-likeness (QED) is 0.702. The van der Waals surface area contributed by atoms with E-state index in [2.05, 4.69) is 21.6 Å². The first-order chi connectivity index (χ1) is 9.78. The highest BCUT2D eigenvalue weighted by molar-refractivity contribution is 5.56. The van der Waals surface area contributed by atoms with E-state index in [1.807, 2.05) is 13.8 Å². The molecule has 0 saturated heterocycles. The predicted molar refractivity (Wildman–Crippen MR) is 79.7 cm³/mol. The molecule has 0 aromatic carbocycles. The summed E-state index contributed by atoms with van der Waals surface area (Å²) >= 11 is 0. The van der Waals surface area contributed by atoms with Crippen LogP contribution >= 0.6 is 0 Å². The Kier molecular flexibility index (Phi) is 7.59. The summed E-state index contributed by atoms with van der Waals surface area (Å²) < 4.78 is 5.01. The second-order valence-electron chi connectivity index (χ2n) is 4.65. The van der Waals surface area contributed by atoms with E-state index in [-0.39, 0.29) is 0 Å². The van der Waals surface area contributed by atoms with Crippen molar-refractivity contribution in [2.75, 3.05) is 25.6 Å². The van der Waals surface area contributed by atoms with Crippen LogP contribution in [0.2, 0.25) is 0 Å². The lowest BCUT2D eigenvalue weighted by atomic mass is 10.0. The van der Waals surface area contributed by atoms with Gasteiger partial charge in [0.05, 0.1) is 5.69 Å². The van der Waals surface area contributed by atoms with Gasteiger partial charge in [-0.1, -0.05) is 13.8 Å². The van der Waals surface area contributed by atoms with Crippen LogP contribution in [0.15, 0.2) is 0 Å². The van der Waals surface area contributed by atoms with Gasteiger partial charge in [-0.15, -0.1) is 5.10 Å². The number of hydrogen-bond donors (Lipinski definition) is 1. The van der Waals surface area contributed by atoms with Crippen molar-refractivity contribution >= 4 is 5.82 Å². The van der Waals surface area contributed by atoms with E-state index in [4.69, 9.17) is 4.74 Å². The summed E-state index contributed by atoms with van der Waals surface area (Å²) in [4.78, 5) is 0. The van der Waals surface area contributed by atoms with Gasteiger partial charge in [0.2, 0.25) is 0 Å². The van der Waals surface area contributed by atoms with E-state index < -0.39 is 0 Å². The lowest BCUT2D eigenvalue weighted by Crippen LogP contribution is -2.11. The van der Waals surface area contributed by atoms with E-state index in [9.17, 15) is 5.26 Å². The summed E-state index contributed by atoms with van der Waals surface area (Å²) in [5, 5.41) is 21.0. The van der Waals surface area contributed by atoms with Crippen molar-refractivity contribution in [2.24, 2.45) is 0 Å². The lowest BCUT2D eigenvalue weighted by molar-refractivity contribution is 0.192. The molecule has 0 amide bonds. The molecule has 20 heavy (non-hydrogen) atoms. The van der Waals surface area contributed by atoms with Gasteiger partial charge in [-0.2, -0.15) is 10.4 Å². The van der Waals surface area contributed by atoms with E-state index >= 15 is 0 Å². The number of ether oxygens (including phenoxy) is 1. The molecule has 0 saturated carbocycles. The van der Waals surface area contributed by atoms with Crippen LogP contribution in [0.4, 0.5) is 5.82 Å². The van der Waals surface area contributed by atoms with Crippen LogP contribution in [-0.4, -0.2) is 30.5 Å². The summed E-state index contributed by atoms with van der Waals surface area (Å²) in [5.74, 6) is 0.619. The maximum Gasteiger partial charge on any atom is 0.166 e. The van der Waals surface area contributed by atoms with Crippen LogP contribution in [0.1, 0.15) is 49.9 Å². The molecule has 0 unspecified atom stereocenters. The number of aryl methyl sites for hydroxylation is 1. The van der Waals surface area contributed by atoms with Gasteiger partial charge >= 0.3 is 0 Å². The summed E-state index contributed by atoms with van der Waals surface area (Å²) in [5.41, 5.74) is 2.60. The van der Waals surface area contributed by atoms with Crippen molar-refractivity contribution < 1.29 is 4.74 Å². The Morgan fingerprint density at radius 3 is 2.55 bits per heavy atom. The van der Waals surface area contributed by atoms with E-state index in [1.165, 1.54) is 0 Å². The van der Waals surface area contributed by atoms with Crippen LogP contribution < -0.4 is 5.32 Å². The molecule has 5 heteroatoms. The molecule has 0 aliphatic rings. The highest BCUT2D eigenvalue weighted by Gasteiger charge is 2.13. The molecule has 1 heterocycles. The van der Waals surface area contributed by atoms with Gasteiger partial charge in [0, 0.05) is 20.3 Å². The molecule has 0 fully saturated rings. The third-order valence-corrected chi connectivity index (χ3v) is 3.28. The van der Waals surface area contributed by atoms with Gasteiger partial charge in [0.1, 0.15) is 11.6 Å². The van der Waals surface area contributed by atoms with Crippen LogP contribution in [-0.2, 0) is 17.6 Å². The fourth-order valence-electron chi connectivity index (χ4n) is 2.17. The first-order valence-corrected chi connectivity index (χ1v) is 7.29. The SMILES string of the molecule is CCc1nnc(NCCCCCOC)c(C#N)c1CC. The molecule has 5 nitrogen and oxygen atoms in total. The lowest BCUT2D eigenvalue weighted by Gasteiger charge is -2.11. The number of rotatable bonds is 9. The third kappa shape index (κ3) is 4.46. The zero-order valence-electron chi connectivity index (χ0n) is 12.7. The Morgan fingerprint density at radius 1 is 1.15 bits per heavy atom. The van der Waals surface area contributed by atoms with Gasteiger partial charge in [0.25, 0.3) is 0 Å². The number of hydrogen-bond acceptors (Lipinski definition) is 5. The predicted octanol–water partition coefficient (Wildman–Crippen LogP) is 2.70. The Balaban J connectivity index is 2.64. The molecule has 110 valence electrons. The van der Waals surface area contributed by atoms with Crippen LogP contribution in [0.25, 0.3) is 0 Å². The van der Waals surface area contributed by atoms with E-state index in [0.29, 0.717) is 11.4 Å². The zero-order chi connectivity index (χ0) is 14.8. The number of anilines is 1. The van der Waals surface area contributed by atoms with Crippen molar-refractivity contribution in [2.45, 2.75) is 46.0 Å². The van der Waals surface area contributed by atoms with Crippen molar-refractivity contribution in [3.05, 3.63) is 16.8 Å². The minimum atomic E-state index is 0.619. The highest BCUT2D eigenvalue weighted by atomic mass is 16.5. The Hall–Kier alpha value is -1.67. The first kappa shape index (κ1) is 16.4. The van der Waals surface area contributed by atoms with E-state index in [1.54, 1.807) is 7.11 Å². The average molecular weight is 276 g/mol. The molecule has 0 spiro atoms. The van der Waals surface area contributed by atoms with Gasteiger partial charge in [-0.05, 0) is 37.7 Å². The van der Waals surface area contributed by atoms with Crippen molar-refractivity contribution in [1.29, 1.82) is 5.26 Å². The number of nitriles is 1. The molecule has 1 aromatic heterocycles. The molecule has 1 rings (SSSR count). The second kappa shape index (κ2) is 9.27. The average Bonchev–Trinajstić information content (AvgIpc) is 2.49. The molecule has 1 N–H and O–H groups in total. The monoisotopic (exact) mass is 276 g/mol. The van der Waals surface area contributed by atoms with Crippen molar-refractivity contribution in [3.63, 3.8) is 0 Å². The highest BCUT2D eigenvalue weighted by Crippen LogP contribution is 2.19. The van der Waals surface area contributed by atoms with Crippen LogP contribution in [0.5, 0.6) is 0 Å². The fraction of sp³-hybridized carbons (Fsp3) is 0.667. The molecule has 1 aromatic rings. The van der Waals surface area contributed by atoms with Crippen LogP contribution in [0.3, 0.4) is 0 Å². The van der Waals surface area contributed by atoms with E-state index in [0.717, 1.165) is 56.5 Å². The number of nitrogens with one attached hydrogen (secondary N) is 1. The molecule has 0 atom stereocenters. The molecular formula is C15H24N4O. The molecular weight excluding hydrogens is 252 g/mol. The van der Waals surface area contributed by atoms with Gasteiger partial charge in [0.15, 0.2) is 5.82 Å². The smallest absolute Gasteiger partial charge is 0.166 e. The van der Waals surface area contributed by atoms with Gasteiger partial charge in [-0.25, -0.2) is 0 Å². The second-order valence-corrected chi connectivity index (χ2v) is 4.65. The minimum absolute atomic E-state index is 0.619. The normalized spacial score (nSPS) is 10.3. The summed E-state index contributed by atoms with van der Waals surface area (Å²) in [6, 6.07) is 2.27. The maximum absolute atomic E-state index is 9.35. The molecule has 0 bridgehead atoms. The topological polar surface area (TPSA) is 70.8 Å². The number of unbranched alkanes of at least 4 members (excludes halogenated alkanes) is 2. The first-order valence-electron chi connectivity index (χ1n) is 7.29. The van der Waals surface area contributed by atoms with Gasteiger partial charge < -0.3 is 10.1 Å². The minimum Gasteiger partial charge on any atom is -0.385 e. The molecule has 0 aliphatic carbocycles. The van der Waals surface area contributed by atoms with Crippen LogP contribution in [0, 0.1) is 11.3 Å².